The largest absolute Gasteiger partial charge is 0.439 e. The van der Waals surface area contributed by atoms with Gasteiger partial charge < -0.3 is 14.2 Å². The molecule has 9 heteroatoms. The van der Waals surface area contributed by atoms with E-state index in [0.29, 0.717) is 30.2 Å². The van der Waals surface area contributed by atoms with Crippen molar-refractivity contribution in [2.75, 3.05) is 26.2 Å². The topological polar surface area (TPSA) is 84.7 Å². The first-order chi connectivity index (χ1) is 12.0. The highest BCUT2D eigenvalue weighted by Gasteiger charge is 2.39. The first-order valence-corrected chi connectivity index (χ1v) is 8.71. The number of ether oxygens (including phenoxy) is 1. The predicted octanol–water partition coefficient (Wildman–Crippen LogP) is 1.29. The molecule has 0 atom stereocenters. The maximum absolute atomic E-state index is 12.7. The Labute approximate surface area is 147 Å². The molecule has 2 saturated heterocycles. The number of amides is 3. The third-order valence-corrected chi connectivity index (χ3v) is 5.49. The van der Waals surface area contributed by atoms with Crippen LogP contribution in [0, 0.1) is 12.8 Å². The lowest BCUT2D eigenvalue weighted by atomic mass is 9.99. The molecule has 0 spiro atoms. The van der Waals surface area contributed by atoms with Gasteiger partial charge in [-0.1, -0.05) is 11.3 Å². The second-order valence-electron chi connectivity index (χ2n) is 6.14. The van der Waals surface area contributed by atoms with Gasteiger partial charge in [0.2, 0.25) is 0 Å². The van der Waals surface area contributed by atoms with Crippen molar-refractivity contribution in [1.82, 2.24) is 19.4 Å². The number of carbonyl (C=O) groups excluding carboxylic acids is 3. The summed E-state index contributed by atoms with van der Waals surface area (Å²) in [4.78, 5) is 43.6. The van der Waals surface area contributed by atoms with Gasteiger partial charge in [-0.25, -0.2) is 14.7 Å². The van der Waals surface area contributed by atoms with Crippen LogP contribution in [0.5, 0.6) is 0 Å². The standard InChI is InChI=1S/C16H16N4O4S/c1-10-13(25-15(17-10)18-4-2-3-5-18)14(22)19-6-11(7-19)8-20-12(21)9-24-16(20)23/h2-5,11H,6-9H2,1H3. The lowest BCUT2D eigenvalue weighted by Crippen LogP contribution is -2.54. The van der Waals surface area contributed by atoms with E-state index in [4.69, 9.17) is 4.74 Å². The molecule has 0 unspecified atom stereocenters. The van der Waals surface area contributed by atoms with Gasteiger partial charge in [0.15, 0.2) is 11.7 Å². The van der Waals surface area contributed by atoms with Crippen molar-refractivity contribution in [1.29, 1.82) is 0 Å². The SMILES string of the molecule is Cc1nc(-n2cccc2)sc1C(=O)N1CC(CN2C(=O)COC2=O)C1. The molecule has 0 saturated carbocycles. The maximum atomic E-state index is 12.7. The highest BCUT2D eigenvalue weighted by atomic mass is 32.1. The molecular formula is C16H16N4O4S. The van der Waals surface area contributed by atoms with Gasteiger partial charge in [-0.2, -0.15) is 0 Å². The van der Waals surface area contributed by atoms with Gasteiger partial charge in [-0.15, -0.1) is 0 Å². The Morgan fingerprint density at radius 3 is 2.68 bits per heavy atom. The number of thiazole rings is 1. The van der Waals surface area contributed by atoms with Crippen molar-refractivity contribution in [3.8, 4) is 5.13 Å². The van der Waals surface area contributed by atoms with Gasteiger partial charge in [0.25, 0.3) is 11.8 Å². The quantitative estimate of drug-likeness (QED) is 0.820. The molecule has 2 aliphatic rings. The number of rotatable bonds is 4. The molecular weight excluding hydrogens is 344 g/mol. The zero-order valence-electron chi connectivity index (χ0n) is 13.5. The fraction of sp³-hybridized carbons (Fsp3) is 0.375. The van der Waals surface area contributed by atoms with E-state index in [0.717, 1.165) is 10.0 Å². The van der Waals surface area contributed by atoms with Crippen LogP contribution in [0.3, 0.4) is 0 Å². The van der Waals surface area contributed by atoms with Crippen molar-refractivity contribution in [3.63, 3.8) is 0 Å². The van der Waals surface area contributed by atoms with Crippen LogP contribution in [-0.2, 0) is 9.53 Å². The summed E-state index contributed by atoms with van der Waals surface area (Å²) in [7, 11) is 0. The monoisotopic (exact) mass is 360 g/mol. The number of carbonyl (C=O) groups is 3. The first kappa shape index (κ1) is 15.8. The molecule has 2 aromatic heterocycles. The van der Waals surface area contributed by atoms with E-state index in [9.17, 15) is 14.4 Å². The number of imide groups is 1. The van der Waals surface area contributed by atoms with Crippen LogP contribution in [-0.4, -0.2) is 63.5 Å². The average Bonchev–Trinajstić information content (AvgIpc) is 3.25. The van der Waals surface area contributed by atoms with Crippen LogP contribution in [0.2, 0.25) is 0 Å². The van der Waals surface area contributed by atoms with Gasteiger partial charge in [0, 0.05) is 37.9 Å². The highest BCUT2D eigenvalue weighted by Crippen LogP contribution is 2.27. The summed E-state index contributed by atoms with van der Waals surface area (Å²) in [5.74, 6) is -0.278. The summed E-state index contributed by atoms with van der Waals surface area (Å²) >= 11 is 1.36. The molecule has 4 rings (SSSR count). The van der Waals surface area contributed by atoms with E-state index >= 15 is 0 Å². The lowest BCUT2D eigenvalue weighted by Gasteiger charge is -2.40. The number of hydrogen-bond acceptors (Lipinski definition) is 6. The summed E-state index contributed by atoms with van der Waals surface area (Å²) in [6.07, 6.45) is 3.18. The fourth-order valence-electron chi connectivity index (χ4n) is 2.96. The summed E-state index contributed by atoms with van der Waals surface area (Å²) in [5.41, 5.74) is 0.709. The minimum atomic E-state index is -0.593. The van der Waals surface area contributed by atoms with Gasteiger partial charge in [0.1, 0.15) is 4.88 Å². The third-order valence-electron chi connectivity index (χ3n) is 4.33. The van der Waals surface area contributed by atoms with E-state index < -0.39 is 6.09 Å². The lowest BCUT2D eigenvalue weighted by molar-refractivity contribution is -0.126. The summed E-state index contributed by atoms with van der Waals surface area (Å²) in [6, 6.07) is 3.81. The molecule has 0 bridgehead atoms. The van der Waals surface area contributed by atoms with Gasteiger partial charge in [0.05, 0.1) is 5.69 Å². The van der Waals surface area contributed by atoms with Gasteiger partial charge in [-0.05, 0) is 19.1 Å². The molecule has 130 valence electrons. The smallest absolute Gasteiger partial charge is 0.417 e. The number of nitrogens with zero attached hydrogens (tertiary/aromatic N) is 4. The van der Waals surface area contributed by atoms with Crippen LogP contribution < -0.4 is 0 Å². The molecule has 2 aromatic rings. The Morgan fingerprint density at radius 1 is 1.32 bits per heavy atom. The summed E-state index contributed by atoms with van der Waals surface area (Å²) < 4.78 is 6.57. The summed E-state index contributed by atoms with van der Waals surface area (Å²) in [6.45, 7) is 2.99. The number of likely N-dealkylation sites (tertiary alicyclic amines) is 1. The van der Waals surface area contributed by atoms with Gasteiger partial charge in [-0.3, -0.25) is 9.59 Å². The molecule has 4 heterocycles. The number of cyclic esters (lactones) is 1. The zero-order chi connectivity index (χ0) is 17.6. The van der Waals surface area contributed by atoms with Crippen molar-refractivity contribution in [2.24, 2.45) is 5.92 Å². The summed E-state index contributed by atoms with van der Waals surface area (Å²) in [5, 5.41) is 0.758. The molecule has 0 N–H and O–H groups in total. The Hall–Kier alpha value is -2.68. The van der Waals surface area contributed by atoms with Crippen LogP contribution in [0.4, 0.5) is 4.79 Å². The van der Waals surface area contributed by atoms with Crippen molar-refractivity contribution in [2.45, 2.75) is 6.92 Å². The highest BCUT2D eigenvalue weighted by molar-refractivity contribution is 7.16. The molecule has 2 fully saturated rings. The number of aromatic nitrogens is 2. The molecule has 3 amide bonds. The normalized spacial score (nSPS) is 17.8. The van der Waals surface area contributed by atoms with E-state index in [1.54, 1.807) is 4.90 Å². The predicted molar refractivity (Wildman–Crippen MR) is 88.6 cm³/mol. The Kier molecular flexibility index (Phi) is 3.79. The Bertz CT molecular complexity index is 822. The Morgan fingerprint density at radius 2 is 2.04 bits per heavy atom. The zero-order valence-corrected chi connectivity index (χ0v) is 14.4. The second kappa shape index (κ2) is 5.99. The number of aryl methyl sites for hydroxylation is 1. The van der Waals surface area contributed by atoms with Crippen LogP contribution >= 0.6 is 11.3 Å². The van der Waals surface area contributed by atoms with Crippen molar-refractivity contribution < 1.29 is 19.1 Å². The Balaban J connectivity index is 1.39. The third kappa shape index (κ3) is 2.80. The molecule has 8 nitrogen and oxygen atoms in total. The average molecular weight is 360 g/mol. The minimum absolute atomic E-state index is 0.0556. The minimum Gasteiger partial charge on any atom is -0.439 e. The molecule has 0 radical (unpaired) electrons. The molecule has 0 aromatic carbocycles. The van der Waals surface area contributed by atoms with Crippen LogP contribution in [0.25, 0.3) is 5.13 Å². The van der Waals surface area contributed by atoms with Crippen molar-refractivity contribution in [3.05, 3.63) is 35.1 Å². The second-order valence-corrected chi connectivity index (χ2v) is 7.11. The van der Waals surface area contributed by atoms with E-state index in [1.165, 1.54) is 11.3 Å². The van der Waals surface area contributed by atoms with Gasteiger partial charge >= 0.3 is 6.09 Å². The molecule has 0 aliphatic carbocycles. The molecule has 2 aliphatic heterocycles. The maximum Gasteiger partial charge on any atom is 0.417 e. The van der Waals surface area contributed by atoms with E-state index in [1.807, 2.05) is 36.0 Å². The fourth-order valence-corrected chi connectivity index (χ4v) is 3.97. The van der Waals surface area contributed by atoms with E-state index in [2.05, 4.69) is 4.98 Å². The van der Waals surface area contributed by atoms with Crippen LogP contribution in [0.15, 0.2) is 24.5 Å². The molecule has 25 heavy (non-hydrogen) atoms. The van der Waals surface area contributed by atoms with Crippen molar-refractivity contribution >= 4 is 29.2 Å². The first-order valence-electron chi connectivity index (χ1n) is 7.90. The number of hydrogen-bond donors (Lipinski definition) is 0. The van der Waals surface area contributed by atoms with E-state index in [-0.39, 0.29) is 24.3 Å². The van der Waals surface area contributed by atoms with Crippen LogP contribution in [0.1, 0.15) is 15.4 Å².